The Balaban J connectivity index is 2.26. The first-order valence-corrected chi connectivity index (χ1v) is 6.90. The Bertz CT molecular complexity index is 683. The average Bonchev–Trinajstić information content (AvgIpc) is 2.48. The first kappa shape index (κ1) is 15.2. The van der Waals surface area contributed by atoms with Crippen molar-refractivity contribution in [1.29, 1.82) is 0 Å². The average molecular weight is 350 g/mol. The van der Waals surface area contributed by atoms with Crippen molar-refractivity contribution in [3.8, 4) is 5.75 Å². The normalized spacial score (nSPS) is 10.2. The Hall–Kier alpha value is -2.21. The minimum atomic E-state index is -0.522. The van der Waals surface area contributed by atoms with E-state index in [1.165, 1.54) is 25.3 Å². The molecule has 0 aliphatic rings. The molecule has 21 heavy (non-hydrogen) atoms. The topological polar surface area (TPSA) is 69.4 Å². The summed E-state index contributed by atoms with van der Waals surface area (Å²) < 4.78 is 6.02. The number of hydrogen-bond acceptors (Lipinski definition) is 4. The summed E-state index contributed by atoms with van der Waals surface area (Å²) in [7, 11) is 1.38. The van der Waals surface area contributed by atoms with Gasteiger partial charge in [0.25, 0.3) is 5.69 Å². The molecule has 108 valence electrons. The third-order valence-electron chi connectivity index (χ3n) is 2.97. The first-order valence-electron chi connectivity index (χ1n) is 6.11. The molecule has 0 fully saturated rings. The standard InChI is InChI=1S/C15H12BrNO4/c1-21-15-9-12(17(19)20)6-7-13(15)14(18)8-10-2-4-11(16)5-3-10/h2-7,9H,8H2,1H3. The Morgan fingerprint density at radius 3 is 2.48 bits per heavy atom. The molecule has 0 amide bonds. The van der Waals surface area contributed by atoms with Crippen molar-refractivity contribution in [2.75, 3.05) is 7.11 Å². The lowest BCUT2D eigenvalue weighted by atomic mass is 10.0. The minimum Gasteiger partial charge on any atom is -0.496 e. The first-order chi connectivity index (χ1) is 10.0. The number of methoxy groups -OCH3 is 1. The maximum absolute atomic E-state index is 12.3. The van der Waals surface area contributed by atoms with Gasteiger partial charge in [-0.25, -0.2) is 0 Å². The number of nitro benzene ring substituents is 1. The number of carbonyl (C=O) groups excluding carboxylic acids is 1. The van der Waals surface area contributed by atoms with Gasteiger partial charge in [-0.3, -0.25) is 14.9 Å². The van der Waals surface area contributed by atoms with Gasteiger partial charge in [0.05, 0.1) is 23.7 Å². The van der Waals surface area contributed by atoms with Crippen molar-refractivity contribution in [1.82, 2.24) is 0 Å². The molecule has 0 bridgehead atoms. The lowest BCUT2D eigenvalue weighted by molar-refractivity contribution is -0.384. The lowest BCUT2D eigenvalue weighted by Crippen LogP contribution is -2.06. The molecule has 2 rings (SSSR count). The van der Waals surface area contributed by atoms with Crippen LogP contribution in [0.2, 0.25) is 0 Å². The Labute approximate surface area is 129 Å². The van der Waals surface area contributed by atoms with Gasteiger partial charge in [-0.1, -0.05) is 28.1 Å². The van der Waals surface area contributed by atoms with Crippen molar-refractivity contribution in [2.45, 2.75) is 6.42 Å². The fourth-order valence-electron chi connectivity index (χ4n) is 1.91. The number of hydrogen-bond donors (Lipinski definition) is 0. The van der Waals surface area contributed by atoms with Crippen LogP contribution in [0.25, 0.3) is 0 Å². The molecule has 0 unspecified atom stereocenters. The summed E-state index contributed by atoms with van der Waals surface area (Å²) in [5.74, 6) is 0.0652. The van der Waals surface area contributed by atoms with Crippen molar-refractivity contribution < 1.29 is 14.5 Å². The highest BCUT2D eigenvalue weighted by Gasteiger charge is 2.17. The van der Waals surface area contributed by atoms with E-state index in [-0.39, 0.29) is 23.6 Å². The zero-order chi connectivity index (χ0) is 15.4. The molecule has 0 radical (unpaired) electrons. The van der Waals surface area contributed by atoms with Gasteiger partial charge in [-0.15, -0.1) is 0 Å². The van der Waals surface area contributed by atoms with Gasteiger partial charge in [0, 0.05) is 17.0 Å². The van der Waals surface area contributed by atoms with Crippen molar-refractivity contribution >= 4 is 27.4 Å². The van der Waals surface area contributed by atoms with Gasteiger partial charge in [0.15, 0.2) is 5.78 Å². The molecule has 6 heteroatoms. The summed E-state index contributed by atoms with van der Waals surface area (Å²) in [6.45, 7) is 0. The van der Waals surface area contributed by atoms with Crippen LogP contribution in [-0.4, -0.2) is 17.8 Å². The van der Waals surface area contributed by atoms with Crippen LogP contribution in [0, 0.1) is 10.1 Å². The smallest absolute Gasteiger partial charge is 0.273 e. The molecule has 0 heterocycles. The molecule has 2 aromatic carbocycles. The molecule has 0 saturated carbocycles. The van der Waals surface area contributed by atoms with E-state index in [0.29, 0.717) is 5.56 Å². The van der Waals surface area contributed by atoms with Crippen molar-refractivity contribution in [3.05, 3.63) is 68.2 Å². The van der Waals surface area contributed by atoms with E-state index in [4.69, 9.17) is 4.74 Å². The fraction of sp³-hybridized carbons (Fsp3) is 0.133. The second-order valence-corrected chi connectivity index (χ2v) is 5.28. The monoisotopic (exact) mass is 349 g/mol. The van der Waals surface area contributed by atoms with Crippen molar-refractivity contribution in [2.24, 2.45) is 0 Å². The minimum absolute atomic E-state index is 0.105. The molecule has 0 aliphatic carbocycles. The molecule has 0 atom stereocenters. The van der Waals surface area contributed by atoms with Crippen LogP contribution in [0.1, 0.15) is 15.9 Å². The van der Waals surface area contributed by atoms with Crippen LogP contribution in [0.5, 0.6) is 5.75 Å². The summed E-state index contributed by atoms with van der Waals surface area (Å²) in [5, 5.41) is 10.7. The second-order valence-electron chi connectivity index (χ2n) is 4.37. The zero-order valence-corrected chi connectivity index (χ0v) is 12.8. The molecule has 5 nitrogen and oxygen atoms in total. The predicted molar refractivity (Wildman–Crippen MR) is 81.8 cm³/mol. The lowest BCUT2D eigenvalue weighted by Gasteiger charge is -2.07. The Kier molecular flexibility index (Phi) is 4.70. The van der Waals surface area contributed by atoms with Crippen LogP contribution in [0.4, 0.5) is 5.69 Å². The van der Waals surface area contributed by atoms with E-state index < -0.39 is 4.92 Å². The number of non-ortho nitro benzene ring substituents is 1. The number of ketones is 1. The summed E-state index contributed by atoms with van der Waals surface area (Å²) in [5.41, 5.74) is 1.10. The van der Waals surface area contributed by atoms with Crippen LogP contribution in [0.15, 0.2) is 46.9 Å². The summed E-state index contributed by atoms with van der Waals surface area (Å²) in [6.07, 6.45) is 0.210. The third-order valence-corrected chi connectivity index (χ3v) is 3.50. The number of carbonyl (C=O) groups is 1. The van der Waals surface area contributed by atoms with Gasteiger partial charge in [0.1, 0.15) is 5.75 Å². The van der Waals surface area contributed by atoms with E-state index in [9.17, 15) is 14.9 Å². The fourth-order valence-corrected chi connectivity index (χ4v) is 2.17. The van der Waals surface area contributed by atoms with E-state index >= 15 is 0 Å². The highest BCUT2D eigenvalue weighted by atomic mass is 79.9. The molecule has 0 saturated heterocycles. The molecular formula is C15H12BrNO4. The number of nitrogens with zero attached hydrogens (tertiary/aromatic N) is 1. The van der Waals surface area contributed by atoms with Crippen LogP contribution in [0.3, 0.4) is 0 Å². The van der Waals surface area contributed by atoms with Crippen LogP contribution in [-0.2, 0) is 6.42 Å². The molecule has 0 aliphatic heterocycles. The molecule has 2 aromatic rings. The van der Waals surface area contributed by atoms with E-state index in [1.54, 1.807) is 0 Å². The highest BCUT2D eigenvalue weighted by molar-refractivity contribution is 9.10. The number of benzene rings is 2. The number of nitro groups is 1. The third kappa shape index (κ3) is 3.66. The summed E-state index contributed by atoms with van der Waals surface area (Å²) in [4.78, 5) is 22.5. The van der Waals surface area contributed by atoms with E-state index in [1.807, 2.05) is 24.3 Å². The SMILES string of the molecule is COc1cc([N+](=O)[O-])ccc1C(=O)Cc1ccc(Br)cc1. The summed E-state index contributed by atoms with van der Waals surface area (Å²) in [6, 6.07) is 11.4. The Morgan fingerprint density at radius 1 is 1.24 bits per heavy atom. The molecule has 0 N–H and O–H groups in total. The molecule has 0 aromatic heterocycles. The summed E-state index contributed by atoms with van der Waals surface area (Å²) >= 11 is 3.33. The number of halogens is 1. The van der Waals surface area contributed by atoms with Gasteiger partial charge >= 0.3 is 0 Å². The predicted octanol–water partition coefficient (Wildman–Crippen LogP) is 3.79. The van der Waals surface area contributed by atoms with Crippen LogP contribution >= 0.6 is 15.9 Å². The molecule has 0 spiro atoms. The number of rotatable bonds is 5. The molecular weight excluding hydrogens is 338 g/mol. The van der Waals surface area contributed by atoms with Gasteiger partial charge in [-0.05, 0) is 23.8 Å². The quantitative estimate of drug-likeness (QED) is 0.467. The van der Waals surface area contributed by atoms with Gasteiger partial charge < -0.3 is 4.74 Å². The Morgan fingerprint density at radius 2 is 1.90 bits per heavy atom. The number of ether oxygens (including phenoxy) is 1. The second kappa shape index (κ2) is 6.49. The maximum atomic E-state index is 12.3. The van der Waals surface area contributed by atoms with Gasteiger partial charge in [0.2, 0.25) is 0 Å². The van der Waals surface area contributed by atoms with Crippen molar-refractivity contribution in [3.63, 3.8) is 0 Å². The maximum Gasteiger partial charge on any atom is 0.273 e. The van der Waals surface area contributed by atoms with E-state index in [0.717, 1.165) is 10.0 Å². The zero-order valence-electron chi connectivity index (χ0n) is 11.2. The van der Waals surface area contributed by atoms with Crippen LogP contribution < -0.4 is 4.74 Å². The number of Topliss-reactive ketones (excluding diaryl/α,β-unsaturated/α-hetero) is 1. The largest absolute Gasteiger partial charge is 0.496 e. The van der Waals surface area contributed by atoms with Gasteiger partial charge in [-0.2, -0.15) is 0 Å². The van der Waals surface area contributed by atoms with E-state index in [2.05, 4.69) is 15.9 Å². The highest BCUT2D eigenvalue weighted by Crippen LogP contribution is 2.26.